The molecule has 1 atom stereocenters. The molecule has 156 valence electrons. The third-order valence-corrected chi connectivity index (χ3v) is 4.16. The lowest BCUT2D eigenvalue weighted by atomic mass is 10.1. The number of halogens is 3. The summed E-state index contributed by atoms with van der Waals surface area (Å²) in [7, 11) is 0. The normalized spacial score (nSPS) is 12.4. The summed E-state index contributed by atoms with van der Waals surface area (Å²) in [5.41, 5.74) is 5.21. The fourth-order valence-electron chi connectivity index (χ4n) is 2.57. The molecule has 0 spiro atoms. The predicted molar refractivity (Wildman–Crippen MR) is 100 cm³/mol. The summed E-state index contributed by atoms with van der Waals surface area (Å²) < 4.78 is 43.0. The number of aliphatic hydroxyl groups is 1. The van der Waals surface area contributed by atoms with E-state index in [1.165, 1.54) is 24.3 Å². The van der Waals surface area contributed by atoms with Crippen LogP contribution in [0.4, 0.5) is 18.9 Å². The SMILES string of the molecule is N=C(C(=O)NC(CO)c1nc(-c2ccc(C(F)(F)F)cc2)no1)c1ccccc1N. The zero-order chi connectivity index (χ0) is 21.9. The Hall–Kier alpha value is -3.73. The average Bonchev–Trinajstić information content (AvgIpc) is 3.21. The van der Waals surface area contributed by atoms with E-state index in [-0.39, 0.29) is 28.5 Å². The molecular formula is C19H16F3N5O3. The molecule has 0 bridgehead atoms. The molecule has 0 saturated carbocycles. The number of anilines is 1. The molecule has 0 saturated heterocycles. The third-order valence-electron chi connectivity index (χ3n) is 4.16. The van der Waals surface area contributed by atoms with Gasteiger partial charge in [0.1, 0.15) is 11.8 Å². The van der Waals surface area contributed by atoms with Crippen molar-refractivity contribution < 1.29 is 27.6 Å². The first-order chi connectivity index (χ1) is 14.2. The van der Waals surface area contributed by atoms with Crippen molar-refractivity contribution in [2.24, 2.45) is 0 Å². The minimum absolute atomic E-state index is 0.0196. The van der Waals surface area contributed by atoms with Crippen LogP contribution in [-0.4, -0.2) is 33.5 Å². The lowest BCUT2D eigenvalue weighted by Gasteiger charge is -2.13. The molecule has 8 nitrogen and oxygen atoms in total. The summed E-state index contributed by atoms with van der Waals surface area (Å²) in [5.74, 6) is -1.02. The average molecular weight is 419 g/mol. The zero-order valence-electron chi connectivity index (χ0n) is 15.3. The minimum Gasteiger partial charge on any atom is -0.398 e. The Labute approximate surface area is 168 Å². The van der Waals surface area contributed by atoms with Crippen LogP contribution < -0.4 is 11.1 Å². The van der Waals surface area contributed by atoms with Crippen LogP contribution in [-0.2, 0) is 11.0 Å². The van der Waals surface area contributed by atoms with Crippen molar-refractivity contribution >= 4 is 17.3 Å². The van der Waals surface area contributed by atoms with E-state index < -0.39 is 36.0 Å². The lowest BCUT2D eigenvalue weighted by molar-refractivity contribution is -0.137. The maximum atomic E-state index is 12.7. The molecule has 0 aliphatic carbocycles. The summed E-state index contributed by atoms with van der Waals surface area (Å²) in [5, 5.41) is 23.6. The van der Waals surface area contributed by atoms with Crippen molar-refractivity contribution in [2.45, 2.75) is 12.2 Å². The van der Waals surface area contributed by atoms with Crippen LogP contribution in [0.15, 0.2) is 53.1 Å². The Kier molecular flexibility index (Phi) is 5.83. The zero-order valence-corrected chi connectivity index (χ0v) is 15.3. The number of nitrogens with zero attached hydrogens (tertiary/aromatic N) is 2. The van der Waals surface area contributed by atoms with Gasteiger partial charge < -0.3 is 20.7 Å². The van der Waals surface area contributed by atoms with Crippen LogP contribution in [0.1, 0.15) is 23.1 Å². The largest absolute Gasteiger partial charge is 0.416 e. The number of carbonyl (C=O) groups excluding carboxylic acids is 1. The van der Waals surface area contributed by atoms with Gasteiger partial charge in [0.2, 0.25) is 5.82 Å². The Morgan fingerprint density at radius 2 is 1.87 bits per heavy atom. The van der Waals surface area contributed by atoms with E-state index >= 15 is 0 Å². The molecule has 3 aromatic rings. The molecule has 1 aromatic heterocycles. The molecule has 2 aromatic carbocycles. The first kappa shape index (κ1) is 21.0. The van der Waals surface area contributed by atoms with E-state index in [1.54, 1.807) is 12.1 Å². The summed E-state index contributed by atoms with van der Waals surface area (Å²) >= 11 is 0. The quantitative estimate of drug-likeness (QED) is 0.358. The first-order valence-corrected chi connectivity index (χ1v) is 8.57. The Morgan fingerprint density at radius 3 is 2.47 bits per heavy atom. The molecule has 11 heteroatoms. The Bertz CT molecular complexity index is 1060. The van der Waals surface area contributed by atoms with Gasteiger partial charge in [-0.3, -0.25) is 10.2 Å². The van der Waals surface area contributed by atoms with Crippen molar-refractivity contribution in [3.8, 4) is 11.4 Å². The lowest BCUT2D eigenvalue weighted by Crippen LogP contribution is -2.36. The van der Waals surface area contributed by atoms with E-state index in [9.17, 15) is 23.1 Å². The number of hydrogen-bond donors (Lipinski definition) is 4. The van der Waals surface area contributed by atoms with E-state index in [4.69, 9.17) is 15.7 Å². The number of aromatic nitrogens is 2. The fraction of sp³-hybridized carbons (Fsp3) is 0.158. The van der Waals surface area contributed by atoms with E-state index in [1.807, 2.05) is 0 Å². The molecule has 1 unspecified atom stereocenters. The highest BCUT2D eigenvalue weighted by Crippen LogP contribution is 2.30. The minimum atomic E-state index is -4.47. The van der Waals surface area contributed by atoms with Gasteiger partial charge in [0, 0.05) is 16.8 Å². The van der Waals surface area contributed by atoms with Gasteiger partial charge in [-0.2, -0.15) is 18.2 Å². The maximum absolute atomic E-state index is 12.7. The van der Waals surface area contributed by atoms with Crippen LogP contribution in [0.2, 0.25) is 0 Å². The highest BCUT2D eigenvalue weighted by atomic mass is 19.4. The number of nitrogens with two attached hydrogens (primary N) is 1. The number of nitrogen functional groups attached to an aromatic ring is 1. The number of rotatable bonds is 6. The van der Waals surface area contributed by atoms with Crippen LogP contribution >= 0.6 is 0 Å². The second kappa shape index (κ2) is 8.33. The topological polar surface area (TPSA) is 138 Å². The number of benzene rings is 2. The van der Waals surface area contributed by atoms with Gasteiger partial charge in [0.15, 0.2) is 0 Å². The van der Waals surface area contributed by atoms with Gasteiger partial charge in [-0.15, -0.1) is 0 Å². The van der Waals surface area contributed by atoms with Crippen molar-refractivity contribution in [1.29, 1.82) is 5.41 Å². The second-order valence-corrected chi connectivity index (χ2v) is 6.20. The van der Waals surface area contributed by atoms with Crippen molar-refractivity contribution in [2.75, 3.05) is 12.3 Å². The van der Waals surface area contributed by atoms with Crippen LogP contribution in [0.3, 0.4) is 0 Å². The summed E-state index contributed by atoms with van der Waals surface area (Å²) in [6, 6.07) is 9.29. The highest BCUT2D eigenvalue weighted by molar-refractivity contribution is 6.45. The Balaban J connectivity index is 1.75. The van der Waals surface area contributed by atoms with Crippen molar-refractivity contribution in [3.05, 3.63) is 65.5 Å². The smallest absolute Gasteiger partial charge is 0.398 e. The summed E-state index contributed by atoms with van der Waals surface area (Å²) in [6.45, 7) is -0.613. The van der Waals surface area contributed by atoms with Gasteiger partial charge >= 0.3 is 6.18 Å². The molecule has 0 radical (unpaired) electrons. The van der Waals surface area contributed by atoms with Crippen molar-refractivity contribution in [1.82, 2.24) is 15.5 Å². The molecule has 3 rings (SSSR count). The standard InChI is InChI=1S/C19H16F3N5O3/c20-19(21,22)11-7-5-10(6-8-11)16-26-18(30-27-16)14(9-28)25-17(29)15(24)12-3-1-2-4-13(12)23/h1-8,14,24,28H,9,23H2,(H,25,29). The van der Waals surface area contributed by atoms with Gasteiger partial charge in [0.05, 0.1) is 12.2 Å². The molecule has 0 fully saturated rings. The molecule has 0 aliphatic heterocycles. The molecule has 0 aliphatic rings. The number of alkyl halides is 3. The molecular weight excluding hydrogens is 403 g/mol. The molecule has 1 heterocycles. The number of carbonyl (C=O) groups is 1. The molecule has 5 N–H and O–H groups in total. The maximum Gasteiger partial charge on any atom is 0.416 e. The predicted octanol–water partition coefficient (Wildman–Crippen LogP) is 2.56. The monoisotopic (exact) mass is 419 g/mol. The number of amides is 1. The van der Waals surface area contributed by atoms with E-state index in [0.29, 0.717) is 0 Å². The fourth-order valence-corrected chi connectivity index (χ4v) is 2.57. The van der Waals surface area contributed by atoms with E-state index in [0.717, 1.165) is 12.1 Å². The van der Waals surface area contributed by atoms with Gasteiger partial charge in [-0.05, 0) is 18.2 Å². The molecule has 30 heavy (non-hydrogen) atoms. The third kappa shape index (κ3) is 4.46. The first-order valence-electron chi connectivity index (χ1n) is 8.57. The number of hydrogen-bond acceptors (Lipinski definition) is 7. The molecule has 1 amide bonds. The Morgan fingerprint density at radius 1 is 1.20 bits per heavy atom. The van der Waals surface area contributed by atoms with E-state index in [2.05, 4.69) is 15.5 Å². The van der Waals surface area contributed by atoms with Gasteiger partial charge in [-0.25, -0.2) is 0 Å². The van der Waals surface area contributed by atoms with Gasteiger partial charge in [0.25, 0.3) is 11.8 Å². The van der Waals surface area contributed by atoms with Gasteiger partial charge in [-0.1, -0.05) is 35.5 Å². The van der Waals surface area contributed by atoms with Crippen LogP contribution in [0.25, 0.3) is 11.4 Å². The number of para-hydroxylation sites is 1. The number of nitrogens with one attached hydrogen (secondary N) is 2. The summed E-state index contributed by atoms with van der Waals surface area (Å²) in [6.07, 6.45) is -4.47. The second-order valence-electron chi connectivity index (χ2n) is 6.20. The van der Waals surface area contributed by atoms with Crippen LogP contribution in [0, 0.1) is 5.41 Å². The summed E-state index contributed by atoms with van der Waals surface area (Å²) in [4.78, 5) is 16.4. The van der Waals surface area contributed by atoms with Crippen molar-refractivity contribution in [3.63, 3.8) is 0 Å². The number of aliphatic hydroxyl groups excluding tert-OH is 1. The highest BCUT2D eigenvalue weighted by Gasteiger charge is 2.30. The van der Waals surface area contributed by atoms with Crippen LogP contribution in [0.5, 0.6) is 0 Å².